The van der Waals surface area contributed by atoms with E-state index in [9.17, 15) is 19.5 Å². The lowest BCUT2D eigenvalue weighted by molar-refractivity contribution is -0.132. The number of carbonyl (C=O) groups excluding carboxylic acids is 3. The van der Waals surface area contributed by atoms with Crippen molar-refractivity contribution in [3.05, 3.63) is 101 Å². The van der Waals surface area contributed by atoms with Gasteiger partial charge in [-0.2, -0.15) is 0 Å². The van der Waals surface area contributed by atoms with Crippen LogP contribution in [0.15, 0.2) is 78.9 Å². The van der Waals surface area contributed by atoms with Crippen molar-refractivity contribution >= 4 is 23.4 Å². The largest absolute Gasteiger partial charge is 0.378 e. The molecule has 3 heterocycles. The first-order chi connectivity index (χ1) is 24.2. The number of piperidine rings is 1. The van der Waals surface area contributed by atoms with Crippen molar-refractivity contribution in [1.82, 2.24) is 14.7 Å². The Morgan fingerprint density at radius 2 is 1.48 bits per heavy atom. The molecule has 1 unspecified atom stereocenters. The van der Waals surface area contributed by atoms with Gasteiger partial charge in [0.25, 0.3) is 5.91 Å². The molecule has 1 atom stereocenters. The number of likely N-dealkylation sites (tertiary alicyclic amines) is 1. The molecule has 1 fully saturated rings. The summed E-state index contributed by atoms with van der Waals surface area (Å²) in [5, 5.41) is 10.8. The predicted octanol–water partition coefficient (Wildman–Crippen LogP) is 7.91. The number of amides is 3. The van der Waals surface area contributed by atoms with Gasteiger partial charge < -0.3 is 19.8 Å². The Morgan fingerprint density at radius 1 is 0.880 bits per heavy atom. The van der Waals surface area contributed by atoms with Crippen LogP contribution < -0.4 is 4.90 Å². The number of hydrogen-bond donors (Lipinski definition) is 1. The molecule has 2 aromatic rings. The second kappa shape index (κ2) is 22.7. The van der Waals surface area contributed by atoms with Crippen LogP contribution in [-0.4, -0.2) is 76.5 Å². The summed E-state index contributed by atoms with van der Waals surface area (Å²) in [6, 6.07) is 13.5. The molecule has 274 valence electrons. The molecule has 0 bridgehead atoms. The van der Waals surface area contributed by atoms with E-state index in [0.717, 1.165) is 48.3 Å². The van der Waals surface area contributed by atoms with Crippen LogP contribution in [0.25, 0.3) is 0 Å². The van der Waals surface area contributed by atoms with Gasteiger partial charge in [0.15, 0.2) is 0 Å². The van der Waals surface area contributed by atoms with Crippen LogP contribution in [0, 0.1) is 0 Å². The van der Waals surface area contributed by atoms with E-state index in [4.69, 9.17) is 0 Å². The molecule has 3 aliphatic heterocycles. The number of fused-ring (bicyclic) bond motifs is 1. The third kappa shape index (κ3) is 12.7. The molecule has 50 heavy (non-hydrogen) atoms. The summed E-state index contributed by atoms with van der Waals surface area (Å²) in [7, 11) is 0. The number of rotatable bonds is 9. The highest BCUT2D eigenvalue weighted by atomic mass is 16.3. The number of benzene rings is 2. The van der Waals surface area contributed by atoms with Crippen LogP contribution in [0.5, 0.6) is 0 Å². The van der Waals surface area contributed by atoms with Gasteiger partial charge in [-0.3, -0.25) is 19.3 Å². The van der Waals surface area contributed by atoms with Crippen molar-refractivity contribution in [3.8, 4) is 0 Å². The van der Waals surface area contributed by atoms with Gasteiger partial charge in [-0.15, -0.1) is 6.58 Å². The molecule has 5 rings (SSSR count). The van der Waals surface area contributed by atoms with Crippen LogP contribution in [0.4, 0.5) is 5.69 Å². The summed E-state index contributed by atoms with van der Waals surface area (Å²) in [6.07, 6.45) is 11.7. The van der Waals surface area contributed by atoms with E-state index in [0.29, 0.717) is 51.0 Å². The van der Waals surface area contributed by atoms with Crippen molar-refractivity contribution in [2.75, 3.05) is 37.6 Å². The monoisotopic (exact) mass is 686 g/mol. The van der Waals surface area contributed by atoms with E-state index in [1.54, 1.807) is 20.8 Å². The molecule has 2 aromatic carbocycles. The number of allylic oxidation sites excluding steroid dienone is 2. The molecule has 0 aliphatic carbocycles. The summed E-state index contributed by atoms with van der Waals surface area (Å²) >= 11 is 0. The average Bonchev–Trinajstić information content (AvgIpc) is 3.66. The third-order valence-corrected chi connectivity index (χ3v) is 8.81. The van der Waals surface area contributed by atoms with Crippen molar-refractivity contribution < 1.29 is 19.5 Å². The van der Waals surface area contributed by atoms with Crippen molar-refractivity contribution in [1.29, 1.82) is 0 Å². The minimum Gasteiger partial charge on any atom is -0.378 e. The highest BCUT2D eigenvalue weighted by molar-refractivity contribution is 5.97. The van der Waals surface area contributed by atoms with E-state index < -0.39 is 6.23 Å². The number of aliphatic hydroxyl groups excluding tert-OH is 1. The lowest BCUT2D eigenvalue weighted by Gasteiger charge is -2.27. The Labute approximate surface area is 302 Å². The van der Waals surface area contributed by atoms with E-state index in [-0.39, 0.29) is 24.3 Å². The molecular weight excluding hydrogens is 624 g/mol. The van der Waals surface area contributed by atoms with Gasteiger partial charge in [0.1, 0.15) is 6.23 Å². The van der Waals surface area contributed by atoms with Gasteiger partial charge in [-0.05, 0) is 81.3 Å². The maximum atomic E-state index is 13.6. The van der Waals surface area contributed by atoms with Gasteiger partial charge in [-0.1, -0.05) is 81.8 Å². The van der Waals surface area contributed by atoms with Crippen LogP contribution in [0.1, 0.15) is 108 Å². The van der Waals surface area contributed by atoms with Crippen LogP contribution in [0.3, 0.4) is 0 Å². The zero-order valence-electron chi connectivity index (χ0n) is 31.8. The first-order valence-corrected chi connectivity index (χ1v) is 18.6. The molecule has 0 aromatic heterocycles. The van der Waals surface area contributed by atoms with E-state index in [2.05, 4.69) is 32.6 Å². The highest BCUT2D eigenvalue weighted by Gasteiger charge is 2.30. The number of aliphatic hydroxyl groups is 1. The fourth-order valence-corrected chi connectivity index (χ4v) is 5.85. The van der Waals surface area contributed by atoms with E-state index >= 15 is 0 Å². The van der Waals surface area contributed by atoms with Crippen molar-refractivity contribution in [3.63, 3.8) is 0 Å². The summed E-state index contributed by atoms with van der Waals surface area (Å²) in [6.45, 7) is 21.7. The maximum absolute atomic E-state index is 13.6. The number of carbonyl (C=O) groups is 3. The fraction of sp³-hybridized carbons (Fsp3) is 0.500. The van der Waals surface area contributed by atoms with Gasteiger partial charge in [0.05, 0.1) is 13.1 Å². The summed E-state index contributed by atoms with van der Waals surface area (Å²) in [4.78, 5) is 46.4. The molecule has 1 N–H and O–H groups in total. The summed E-state index contributed by atoms with van der Waals surface area (Å²) in [5.74, 6) is 0.0847. The van der Waals surface area contributed by atoms with Crippen molar-refractivity contribution in [2.24, 2.45) is 0 Å². The minimum atomic E-state index is -0.820. The molecule has 8 heteroatoms. The van der Waals surface area contributed by atoms with Crippen LogP contribution >= 0.6 is 0 Å². The van der Waals surface area contributed by atoms with E-state index in [1.165, 1.54) is 12.0 Å². The van der Waals surface area contributed by atoms with E-state index in [1.807, 2.05) is 88.1 Å². The lowest BCUT2D eigenvalue weighted by atomic mass is 10.0. The highest BCUT2D eigenvalue weighted by Crippen LogP contribution is 2.30. The zero-order valence-corrected chi connectivity index (χ0v) is 31.8. The normalized spacial score (nSPS) is 15.9. The molecular formula is C42H62N4O4. The number of nitrogens with zero attached hydrogens (tertiary/aromatic N) is 4. The smallest absolute Gasteiger partial charge is 0.254 e. The second-order valence-corrected chi connectivity index (χ2v) is 12.5. The number of anilines is 1. The summed E-state index contributed by atoms with van der Waals surface area (Å²) < 4.78 is 0. The zero-order chi connectivity index (χ0) is 37.1. The average molecular weight is 687 g/mol. The Kier molecular flexibility index (Phi) is 19.1. The Hall–Kier alpha value is -4.01. The first-order valence-electron chi connectivity index (χ1n) is 18.6. The Morgan fingerprint density at radius 3 is 2.06 bits per heavy atom. The maximum Gasteiger partial charge on any atom is 0.254 e. The van der Waals surface area contributed by atoms with Gasteiger partial charge in [0, 0.05) is 56.8 Å². The molecule has 0 saturated carbocycles. The third-order valence-electron chi connectivity index (χ3n) is 8.81. The molecule has 0 radical (unpaired) electrons. The van der Waals surface area contributed by atoms with Crippen LogP contribution in [0.2, 0.25) is 0 Å². The van der Waals surface area contributed by atoms with Crippen LogP contribution in [-0.2, 0) is 29.1 Å². The lowest BCUT2D eigenvalue weighted by Crippen LogP contribution is -2.41. The Bertz CT molecular complexity index is 1410. The fourth-order valence-electron chi connectivity index (χ4n) is 5.85. The number of aryl methyl sites for hydroxylation is 1. The molecule has 8 nitrogen and oxygen atoms in total. The molecule has 1 saturated heterocycles. The molecule has 3 amide bonds. The van der Waals surface area contributed by atoms with Gasteiger partial charge in [0.2, 0.25) is 11.8 Å². The minimum absolute atomic E-state index is 0.00381. The standard InChI is InChI=1S/C33H40N4O4.C5H10.2C2H6/c1-2-8-30(38)36-23-28-21-25(12-16-31(39)34-17-4-3-5-18-34)11-15-29(28)37(32(40)24-36)22-26-9-13-27(14-10-26)33(41)35-19-6-7-20-35;1-4-5(2)3;2*1-2/h2,6-7,9-11,13-15,21,30,38H,1,3-5,8,12,16-20,22-24H2;4H,1-3H3;2*1-2H3. The quantitative estimate of drug-likeness (QED) is 0.271. The van der Waals surface area contributed by atoms with Gasteiger partial charge >= 0.3 is 0 Å². The Balaban J connectivity index is 0.000000872. The SMILES string of the molecule is C=CCC(O)N1CC(=O)N(Cc2ccc(C(=O)N3CC=CC3)cc2)c2ccc(CCC(=O)N3CCCCC3)cc2C1.CC.CC.CC=C(C)C. The summed E-state index contributed by atoms with van der Waals surface area (Å²) in [5.41, 5.74) is 5.71. The van der Waals surface area contributed by atoms with Crippen molar-refractivity contribution in [2.45, 2.75) is 106 Å². The molecule has 0 spiro atoms. The molecule has 3 aliphatic rings. The predicted molar refractivity (Wildman–Crippen MR) is 207 cm³/mol. The van der Waals surface area contributed by atoms with Gasteiger partial charge in [-0.25, -0.2) is 0 Å². The number of hydrogen-bond acceptors (Lipinski definition) is 5. The second-order valence-electron chi connectivity index (χ2n) is 12.5. The first kappa shape index (κ1) is 42.2. The topological polar surface area (TPSA) is 84.4 Å².